The second-order valence-electron chi connectivity index (χ2n) is 8.08. The molecule has 0 fully saturated rings. The number of benzene rings is 3. The summed E-state index contributed by atoms with van der Waals surface area (Å²) in [6.45, 7) is 0.430. The van der Waals surface area contributed by atoms with Gasteiger partial charge in [-0.3, -0.25) is 0 Å². The number of fused-ring (bicyclic) bond motifs is 1. The van der Waals surface area contributed by atoms with Gasteiger partial charge in [-0.25, -0.2) is 4.79 Å². The fourth-order valence-electron chi connectivity index (χ4n) is 4.08. The highest BCUT2D eigenvalue weighted by Gasteiger charge is 2.20. The molecule has 0 amide bonds. The highest BCUT2D eigenvalue weighted by atomic mass is 35.5. The number of hydrogen-bond donors (Lipinski definition) is 3. The first kappa shape index (κ1) is 25.5. The van der Waals surface area contributed by atoms with Gasteiger partial charge in [-0.05, 0) is 78.4 Å². The molecule has 6 nitrogen and oxygen atoms in total. The van der Waals surface area contributed by atoms with Gasteiger partial charge in [-0.15, -0.1) is 12.4 Å². The topological polar surface area (TPSA) is 103 Å². The van der Waals surface area contributed by atoms with Gasteiger partial charge >= 0.3 is 5.97 Å². The van der Waals surface area contributed by atoms with E-state index in [1.807, 2.05) is 36.4 Å². The average Bonchev–Trinajstić information content (AvgIpc) is 2.82. The summed E-state index contributed by atoms with van der Waals surface area (Å²) in [7, 11) is 0. The minimum Gasteiger partial charge on any atom is -0.478 e. The van der Waals surface area contributed by atoms with E-state index in [9.17, 15) is 15.0 Å². The van der Waals surface area contributed by atoms with Crippen molar-refractivity contribution >= 4 is 30.0 Å². The summed E-state index contributed by atoms with van der Waals surface area (Å²) >= 11 is 6.02. The summed E-state index contributed by atoms with van der Waals surface area (Å²) in [6, 6.07) is 19.6. The third kappa shape index (κ3) is 6.07. The Morgan fingerprint density at radius 1 is 1.15 bits per heavy atom. The van der Waals surface area contributed by atoms with Gasteiger partial charge in [0.15, 0.2) is 0 Å². The maximum Gasteiger partial charge on any atom is 0.337 e. The Morgan fingerprint density at radius 2 is 1.91 bits per heavy atom. The third-order valence-electron chi connectivity index (χ3n) is 5.82. The van der Waals surface area contributed by atoms with Gasteiger partial charge < -0.3 is 20.3 Å². The number of ether oxygens (including phenoxy) is 1. The normalized spacial score (nSPS) is 15.4. The van der Waals surface area contributed by atoms with Gasteiger partial charge in [0.25, 0.3) is 0 Å². The van der Waals surface area contributed by atoms with E-state index in [1.165, 1.54) is 17.7 Å². The number of carboxylic acid groups (broad SMARTS) is 1. The number of nitriles is 1. The third-order valence-corrected chi connectivity index (χ3v) is 6.05. The molecule has 4 rings (SSSR count). The molecule has 0 radical (unpaired) electrons. The molecule has 0 saturated heterocycles. The van der Waals surface area contributed by atoms with Gasteiger partial charge in [0.2, 0.25) is 0 Å². The first-order valence-corrected chi connectivity index (χ1v) is 11.0. The molecule has 0 unspecified atom stereocenters. The minimum absolute atomic E-state index is 0. The molecule has 8 heteroatoms. The molecular weight excluding hydrogens is 475 g/mol. The fraction of sp³-hybridized carbons (Fsp3) is 0.231. The van der Waals surface area contributed by atoms with Crippen LogP contribution >= 0.6 is 24.0 Å². The van der Waals surface area contributed by atoms with Crippen LogP contribution in [-0.4, -0.2) is 28.8 Å². The van der Waals surface area contributed by atoms with Crippen LogP contribution < -0.4 is 10.1 Å². The number of aromatic carboxylic acids is 1. The van der Waals surface area contributed by atoms with Crippen LogP contribution in [0, 0.1) is 11.3 Å². The van der Waals surface area contributed by atoms with Crippen LogP contribution in [0.1, 0.15) is 45.1 Å². The minimum atomic E-state index is -1.17. The van der Waals surface area contributed by atoms with Crippen LogP contribution in [0.4, 0.5) is 0 Å². The van der Waals surface area contributed by atoms with Crippen molar-refractivity contribution < 1.29 is 19.7 Å². The molecule has 3 N–H and O–H groups in total. The lowest BCUT2D eigenvalue weighted by Gasteiger charge is -2.27. The average molecular weight is 499 g/mol. The number of carboxylic acids is 1. The van der Waals surface area contributed by atoms with Gasteiger partial charge in [-0.1, -0.05) is 29.8 Å². The van der Waals surface area contributed by atoms with E-state index in [-0.39, 0.29) is 29.6 Å². The second-order valence-corrected chi connectivity index (χ2v) is 8.51. The number of nitrogens with one attached hydrogen (secondary N) is 1. The Labute approximate surface area is 209 Å². The van der Waals surface area contributed by atoms with Crippen LogP contribution in [0.15, 0.2) is 60.7 Å². The molecule has 34 heavy (non-hydrogen) atoms. The van der Waals surface area contributed by atoms with Crippen LogP contribution in [0.25, 0.3) is 0 Å². The Balaban J connectivity index is 0.00000324. The SMILES string of the molecule is Cl.N#Cc1ccc(Oc2ccc3c(c2)C[C@@H](NC[C@H](O)c2cccc(Cl)c2)CC3)cc1C(=O)O. The number of carbonyl (C=O) groups is 1. The molecule has 0 aromatic heterocycles. The highest BCUT2D eigenvalue weighted by Crippen LogP contribution is 2.30. The first-order valence-electron chi connectivity index (χ1n) is 10.7. The van der Waals surface area contributed by atoms with Gasteiger partial charge in [0.1, 0.15) is 17.6 Å². The van der Waals surface area contributed by atoms with Crippen LogP contribution in [0.5, 0.6) is 11.5 Å². The van der Waals surface area contributed by atoms with Crippen molar-refractivity contribution in [3.63, 3.8) is 0 Å². The van der Waals surface area contributed by atoms with Gasteiger partial charge in [0, 0.05) is 17.6 Å². The predicted octanol–water partition coefficient (Wildman–Crippen LogP) is 5.30. The van der Waals surface area contributed by atoms with E-state index in [2.05, 4.69) is 5.32 Å². The summed E-state index contributed by atoms with van der Waals surface area (Å²) in [5.74, 6) is -0.202. The molecule has 2 atom stereocenters. The number of rotatable bonds is 7. The monoisotopic (exact) mass is 498 g/mol. The maximum absolute atomic E-state index is 11.4. The highest BCUT2D eigenvalue weighted by molar-refractivity contribution is 6.30. The van der Waals surface area contributed by atoms with Crippen LogP contribution in [-0.2, 0) is 12.8 Å². The number of aryl methyl sites for hydroxylation is 1. The van der Waals surface area contributed by atoms with Gasteiger partial charge in [0.05, 0.1) is 17.2 Å². The van der Waals surface area contributed by atoms with Crippen LogP contribution in [0.2, 0.25) is 5.02 Å². The molecule has 3 aromatic rings. The largest absolute Gasteiger partial charge is 0.478 e. The van der Waals surface area contributed by atoms with E-state index in [0.717, 1.165) is 30.4 Å². The lowest BCUT2D eigenvalue weighted by Crippen LogP contribution is -2.37. The molecule has 0 saturated carbocycles. The molecule has 0 aliphatic heterocycles. The van der Waals surface area contributed by atoms with Crippen molar-refractivity contribution in [3.05, 3.63) is 93.5 Å². The smallest absolute Gasteiger partial charge is 0.337 e. The number of nitrogens with zero attached hydrogens (tertiary/aromatic N) is 1. The van der Waals surface area contributed by atoms with E-state index >= 15 is 0 Å². The molecule has 1 aliphatic carbocycles. The summed E-state index contributed by atoms with van der Waals surface area (Å²) in [4.78, 5) is 11.4. The Hall–Kier alpha value is -3.08. The Morgan fingerprint density at radius 3 is 2.65 bits per heavy atom. The van der Waals surface area contributed by atoms with E-state index in [4.69, 9.17) is 21.6 Å². The molecule has 1 aliphatic rings. The zero-order valence-electron chi connectivity index (χ0n) is 18.2. The van der Waals surface area contributed by atoms with Crippen molar-refractivity contribution in [2.45, 2.75) is 31.4 Å². The van der Waals surface area contributed by atoms with Crippen molar-refractivity contribution in [3.8, 4) is 17.6 Å². The van der Waals surface area contributed by atoms with Crippen molar-refractivity contribution in [2.24, 2.45) is 0 Å². The molecule has 0 bridgehead atoms. The van der Waals surface area contributed by atoms with E-state index < -0.39 is 12.1 Å². The van der Waals surface area contributed by atoms with Crippen LogP contribution in [0.3, 0.4) is 0 Å². The summed E-state index contributed by atoms with van der Waals surface area (Å²) < 4.78 is 5.89. The molecule has 0 spiro atoms. The standard InChI is InChI=1S/C26H23ClN2O4.ClH/c27-20-3-1-2-17(10-20)25(30)15-29-21-7-4-16-5-8-22(12-19(16)11-21)33-23-9-6-18(14-28)24(13-23)26(31)32;/h1-3,5-6,8-10,12-13,21,25,29-30H,4,7,11,15H2,(H,31,32);1H/t21-,25-;/m0./s1. The molecular formula is C26H24Cl2N2O4. The molecule has 0 heterocycles. The summed E-state index contributed by atoms with van der Waals surface area (Å²) in [5, 5.41) is 32.9. The number of aliphatic hydroxyl groups is 1. The van der Waals surface area contributed by atoms with Crippen molar-refractivity contribution in [1.29, 1.82) is 5.26 Å². The number of halogens is 2. The number of aliphatic hydroxyl groups excluding tert-OH is 1. The Bertz CT molecular complexity index is 1230. The summed E-state index contributed by atoms with van der Waals surface area (Å²) in [5.41, 5.74) is 3.19. The Kier molecular flexibility index (Phi) is 8.54. The lowest BCUT2D eigenvalue weighted by molar-refractivity contribution is 0.0696. The first-order chi connectivity index (χ1) is 15.9. The van der Waals surface area contributed by atoms with Crippen molar-refractivity contribution in [1.82, 2.24) is 5.32 Å². The quantitative estimate of drug-likeness (QED) is 0.408. The number of hydrogen-bond acceptors (Lipinski definition) is 5. The zero-order chi connectivity index (χ0) is 23.4. The second kappa shape index (κ2) is 11.4. The fourth-order valence-corrected chi connectivity index (χ4v) is 4.28. The maximum atomic E-state index is 11.4. The zero-order valence-corrected chi connectivity index (χ0v) is 19.8. The summed E-state index contributed by atoms with van der Waals surface area (Å²) in [6.07, 6.45) is 2.04. The van der Waals surface area contributed by atoms with Crippen molar-refractivity contribution in [2.75, 3.05) is 6.54 Å². The van der Waals surface area contributed by atoms with E-state index in [1.54, 1.807) is 18.2 Å². The molecule has 176 valence electrons. The lowest BCUT2D eigenvalue weighted by atomic mass is 9.88. The van der Waals surface area contributed by atoms with E-state index in [0.29, 0.717) is 23.1 Å². The van der Waals surface area contributed by atoms with Gasteiger partial charge in [-0.2, -0.15) is 5.26 Å². The molecule has 3 aromatic carbocycles. The predicted molar refractivity (Wildman–Crippen MR) is 132 cm³/mol.